The van der Waals surface area contributed by atoms with E-state index in [4.69, 9.17) is 0 Å². The van der Waals surface area contributed by atoms with Gasteiger partial charge in [-0.15, -0.1) is 5.10 Å². The van der Waals surface area contributed by atoms with Crippen LogP contribution in [0.25, 0.3) is 10.9 Å². The molecule has 0 saturated carbocycles. The molecule has 0 unspecified atom stereocenters. The lowest BCUT2D eigenvalue weighted by Gasteiger charge is -2.33. The molecule has 1 N–H and O–H groups in total. The fourth-order valence-corrected chi connectivity index (χ4v) is 4.56. The van der Waals surface area contributed by atoms with Crippen molar-refractivity contribution in [2.45, 2.75) is 26.4 Å². The third-order valence-corrected chi connectivity index (χ3v) is 7.06. The van der Waals surface area contributed by atoms with Gasteiger partial charge in [0.2, 0.25) is 10.0 Å². The Kier molecular flexibility index (Phi) is 5.43. The number of likely N-dealkylation sites (N-methyl/N-ethyl adjacent to an activating group) is 1. The summed E-state index contributed by atoms with van der Waals surface area (Å²) >= 11 is 0. The van der Waals surface area contributed by atoms with Crippen molar-refractivity contribution in [3.05, 3.63) is 51.7 Å². The maximum absolute atomic E-state index is 13.4. The van der Waals surface area contributed by atoms with Crippen LogP contribution in [-0.2, 0) is 16.6 Å². The van der Waals surface area contributed by atoms with Gasteiger partial charge in [-0.05, 0) is 31.5 Å². The highest BCUT2D eigenvalue weighted by Gasteiger charge is 2.37. The summed E-state index contributed by atoms with van der Waals surface area (Å²) < 4.78 is 41.5. The highest BCUT2D eigenvalue weighted by Crippen LogP contribution is 2.40. The number of aromatic hydroxyl groups is 1. The maximum atomic E-state index is 13.4. The largest absolute Gasteiger partial charge is 0.505 e. The molecule has 4 rings (SSSR count). The number of carbonyl (C=O) groups excluding carboxylic acids is 1. The van der Waals surface area contributed by atoms with Gasteiger partial charge in [0.1, 0.15) is 16.7 Å². The smallest absolute Gasteiger partial charge is 0.280 e. The molecule has 0 bridgehead atoms. The van der Waals surface area contributed by atoms with E-state index in [2.05, 4.69) is 5.10 Å². The minimum absolute atomic E-state index is 0.0763. The predicted molar refractivity (Wildman–Crippen MR) is 121 cm³/mol. The van der Waals surface area contributed by atoms with Crippen LogP contribution >= 0.6 is 0 Å². The molecule has 0 spiro atoms. The average molecular weight is 478 g/mol. The number of amides is 1. The second-order valence-electron chi connectivity index (χ2n) is 8.13. The second kappa shape index (κ2) is 7.87. The quantitative estimate of drug-likeness (QED) is 0.596. The zero-order valence-electron chi connectivity index (χ0n) is 18.6. The normalized spacial score (nSPS) is 16.3. The van der Waals surface area contributed by atoms with E-state index in [1.165, 1.54) is 35.9 Å². The molecule has 12 heteroatoms. The van der Waals surface area contributed by atoms with E-state index in [0.29, 0.717) is 18.7 Å². The first kappa shape index (κ1) is 22.8. The van der Waals surface area contributed by atoms with Crippen molar-refractivity contribution in [1.82, 2.24) is 19.2 Å². The first-order chi connectivity index (χ1) is 15.5. The lowest BCUT2D eigenvalue weighted by molar-refractivity contribution is 0.0686. The number of benzene rings is 1. The number of carbonyl (C=O) groups is 1. The molecule has 0 fully saturated rings. The minimum Gasteiger partial charge on any atom is -0.505 e. The Morgan fingerprint density at radius 3 is 2.45 bits per heavy atom. The molecule has 0 aliphatic carbocycles. The molecule has 33 heavy (non-hydrogen) atoms. The lowest BCUT2D eigenvalue weighted by Crippen LogP contribution is -2.42. The van der Waals surface area contributed by atoms with Crippen LogP contribution in [0.5, 0.6) is 5.75 Å². The third-order valence-electron chi connectivity index (χ3n) is 5.89. The molecule has 1 aromatic carbocycles. The van der Waals surface area contributed by atoms with Crippen LogP contribution in [0, 0.1) is 5.82 Å². The molecule has 10 nitrogen and oxygen atoms in total. The summed E-state index contributed by atoms with van der Waals surface area (Å²) in [4.78, 5) is 28.0. The zero-order chi connectivity index (χ0) is 24.2. The number of halogens is 1. The Hall–Kier alpha value is -3.41. The van der Waals surface area contributed by atoms with E-state index in [-0.39, 0.29) is 35.0 Å². The molecule has 176 valence electrons. The van der Waals surface area contributed by atoms with Gasteiger partial charge >= 0.3 is 0 Å². The Balaban J connectivity index is 2.07. The predicted octanol–water partition coefficient (Wildman–Crippen LogP) is 1.52. The van der Waals surface area contributed by atoms with Crippen molar-refractivity contribution in [2.24, 2.45) is 0 Å². The molecule has 0 radical (unpaired) electrons. The molecule has 2 aromatic heterocycles. The van der Waals surface area contributed by atoms with Gasteiger partial charge in [-0.2, -0.15) is 0 Å². The first-order valence-electron chi connectivity index (χ1n) is 10.3. The summed E-state index contributed by atoms with van der Waals surface area (Å²) in [7, 11) is -2.52. The van der Waals surface area contributed by atoms with Crippen molar-refractivity contribution in [2.75, 3.05) is 30.7 Å². The molecule has 3 aromatic rings. The molecular formula is C21H24FN5O5S. The van der Waals surface area contributed by atoms with Crippen molar-refractivity contribution < 1.29 is 22.7 Å². The highest BCUT2D eigenvalue weighted by atomic mass is 32.2. The van der Waals surface area contributed by atoms with E-state index in [1.807, 2.05) is 6.92 Å². The van der Waals surface area contributed by atoms with Crippen molar-refractivity contribution >= 4 is 32.7 Å². The number of nitrogens with zero attached hydrogens (tertiary/aromatic N) is 5. The summed E-state index contributed by atoms with van der Waals surface area (Å²) in [6, 6.07) is 5.07. The number of sulfonamides is 1. The molecule has 1 aliphatic heterocycles. The lowest BCUT2D eigenvalue weighted by atomic mass is 10.2. The first-order valence-corrected chi connectivity index (χ1v) is 12.2. The molecule has 0 saturated heterocycles. The van der Waals surface area contributed by atoms with Crippen molar-refractivity contribution in [3.8, 4) is 5.75 Å². The number of fused-ring (bicyclic) bond motifs is 3. The summed E-state index contributed by atoms with van der Waals surface area (Å²) in [6.07, 6.45) is 0.989. The summed E-state index contributed by atoms with van der Waals surface area (Å²) in [5.74, 6) is -1.51. The van der Waals surface area contributed by atoms with Crippen LogP contribution in [-0.4, -0.2) is 65.1 Å². The van der Waals surface area contributed by atoms with E-state index in [1.54, 1.807) is 11.8 Å². The van der Waals surface area contributed by atoms with Gasteiger partial charge in [0, 0.05) is 26.2 Å². The van der Waals surface area contributed by atoms with E-state index in [0.717, 1.165) is 15.2 Å². The Morgan fingerprint density at radius 2 is 1.88 bits per heavy atom. The van der Waals surface area contributed by atoms with Crippen LogP contribution < -0.4 is 9.86 Å². The molecule has 1 aliphatic rings. The van der Waals surface area contributed by atoms with Crippen LogP contribution in [0.3, 0.4) is 0 Å². The number of rotatable bonds is 5. The van der Waals surface area contributed by atoms with Crippen LogP contribution in [0.1, 0.15) is 35.9 Å². The Morgan fingerprint density at radius 1 is 1.24 bits per heavy atom. The van der Waals surface area contributed by atoms with Gasteiger partial charge in [-0.1, -0.05) is 12.1 Å². The van der Waals surface area contributed by atoms with Gasteiger partial charge in [0.25, 0.3) is 11.5 Å². The van der Waals surface area contributed by atoms with Gasteiger partial charge < -0.3 is 14.6 Å². The number of hydrogen-bond donors (Lipinski definition) is 1. The number of hydrogen-bond acceptors (Lipinski definition) is 6. The van der Waals surface area contributed by atoms with Crippen LogP contribution in [0.15, 0.2) is 29.1 Å². The molecular weight excluding hydrogens is 453 g/mol. The number of anilines is 1. The van der Waals surface area contributed by atoms with Gasteiger partial charge in [0.05, 0.1) is 12.8 Å². The highest BCUT2D eigenvalue weighted by molar-refractivity contribution is 7.92. The average Bonchev–Trinajstić information content (AvgIpc) is 3.07. The molecule has 3 heterocycles. The molecule has 1 amide bonds. The summed E-state index contributed by atoms with van der Waals surface area (Å²) in [5, 5.41) is 15.1. The fourth-order valence-electron chi connectivity index (χ4n) is 4.13. The SMILES string of the molecule is CCN1C[C@H](C)n2c(c(O)c3c(=O)n(Cc4ccc(F)cc4)nc(N(C)S(C)(=O)=O)c32)C1=O. The minimum atomic E-state index is -3.80. The van der Waals surface area contributed by atoms with E-state index < -0.39 is 33.1 Å². The summed E-state index contributed by atoms with van der Waals surface area (Å²) in [5.41, 5.74) is -0.148. The monoisotopic (exact) mass is 477 g/mol. The second-order valence-corrected chi connectivity index (χ2v) is 10.1. The Bertz CT molecular complexity index is 1430. The van der Waals surface area contributed by atoms with Gasteiger partial charge in [0.15, 0.2) is 17.3 Å². The van der Waals surface area contributed by atoms with Gasteiger partial charge in [-0.25, -0.2) is 17.5 Å². The third kappa shape index (κ3) is 3.63. The van der Waals surface area contributed by atoms with E-state index >= 15 is 0 Å². The number of aromatic nitrogens is 3. The van der Waals surface area contributed by atoms with Crippen molar-refractivity contribution in [1.29, 1.82) is 0 Å². The standard InChI is InChI=1S/C21H24FN5O5S/c1-5-25-10-12(2)27-16-15(18(28)17(27)21(25)30)20(29)26(11-13-6-8-14(22)9-7-13)23-19(16)24(3)33(4,31)32/h6-9,12,28H,5,10-11H2,1-4H3/t12-/m0/s1. The van der Waals surface area contributed by atoms with Crippen LogP contribution in [0.4, 0.5) is 10.2 Å². The van der Waals surface area contributed by atoms with Crippen molar-refractivity contribution in [3.63, 3.8) is 0 Å². The molecule has 1 atom stereocenters. The summed E-state index contributed by atoms with van der Waals surface area (Å²) in [6.45, 7) is 4.26. The van der Waals surface area contributed by atoms with Gasteiger partial charge in [-0.3, -0.25) is 13.9 Å². The topological polar surface area (TPSA) is 118 Å². The Labute approximate surface area is 189 Å². The fraction of sp³-hybridized carbons (Fsp3) is 0.381. The zero-order valence-corrected chi connectivity index (χ0v) is 19.4. The van der Waals surface area contributed by atoms with E-state index in [9.17, 15) is 27.5 Å². The maximum Gasteiger partial charge on any atom is 0.280 e. The van der Waals surface area contributed by atoms with Crippen LogP contribution in [0.2, 0.25) is 0 Å².